The first-order chi connectivity index (χ1) is 12.0. The molecule has 2 aromatic rings. The van der Waals surface area contributed by atoms with Gasteiger partial charge in [0.15, 0.2) is 5.70 Å². The predicted molar refractivity (Wildman–Crippen MR) is 98.9 cm³/mol. The van der Waals surface area contributed by atoms with Crippen LogP contribution in [-0.4, -0.2) is 19.0 Å². The summed E-state index contributed by atoms with van der Waals surface area (Å²) >= 11 is 0. The highest BCUT2D eigenvalue weighted by Crippen LogP contribution is 2.28. The van der Waals surface area contributed by atoms with Gasteiger partial charge >= 0.3 is 5.97 Å². The van der Waals surface area contributed by atoms with Gasteiger partial charge in [0.2, 0.25) is 5.90 Å². The van der Waals surface area contributed by atoms with Gasteiger partial charge in [0.25, 0.3) is 0 Å². The molecule has 1 heterocycles. The summed E-state index contributed by atoms with van der Waals surface area (Å²) in [5, 5.41) is 0. The lowest BCUT2D eigenvalue weighted by Crippen LogP contribution is -2.05. The van der Waals surface area contributed by atoms with Crippen molar-refractivity contribution in [2.24, 2.45) is 4.99 Å². The number of hydrogen-bond donors (Lipinski definition) is 0. The Morgan fingerprint density at radius 2 is 1.84 bits per heavy atom. The number of ether oxygens (including phenoxy) is 2. The van der Waals surface area contributed by atoms with E-state index >= 15 is 0 Å². The van der Waals surface area contributed by atoms with Crippen LogP contribution in [0.1, 0.15) is 42.0 Å². The predicted octanol–water partition coefficient (Wildman–Crippen LogP) is 4.47. The Bertz CT molecular complexity index is 861. The number of carbonyl (C=O) groups excluding carboxylic acids is 1. The van der Waals surface area contributed by atoms with E-state index in [0.29, 0.717) is 17.6 Å². The van der Waals surface area contributed by atoms with Crippen molar-refractivity contribution < 1.29 is 14.3 Å². The van der Waals surface area contributed by atoms with Crippen molar-refractivity contribution in [2.45, 2.75) is 26.7 Å². The molecule has 0 N–H and O–H groups in total. The fourth-order valence-corrected chi connectivity index (χ4v) is 2.60. The lowest BCUT2D eigenvalue weighted by Gasteiger charge is -2.10. The number of aryl methyl sites for hydroxylation is 1. The van der Waals surface area contributed by atoms with Crippen LogP contribution in [0.25, 0.3) is 6.08 Å². The molecule has 0 atom stereocenters. The molecule has 0 fully saturated rings. The Morgan fingerprint density at radius 3 is 2.48 bits per heavy atom. The van der Waals surface area contributed by atoms with Crippen molar-refractivity contribution in [2.75, 3.05) is 7.11 Å². The Labute approximate surface area is 147 Å². The number of methoxy groups -OCH3 is 1. The van der Waals surface area contributed by atoms with Gasteiger partial charge in [-0.15, -0.1) is 0 Å². The van der Waals surface area contributed by atoms with Gasteiger partial charge in [-0.2, -0.15) is 0 Å². The monoisotopic (exact) mass is 335 g/mol. The zero-order valence-electron chi connectivity index (χ0n) is 14.9. The lowest BCUT2D eigenvalue weighted by atomic mass is 10.00. The first-order valence-corrected chi connectivity index (χ1v) is 8.25. The van der Waals surface area contributed by atoms with Gasteiger partial charge < -0.3 is 9.47 Å². The van der Waals surface area contributed by atoms with Crippen LogP contribution < -0.4 is 4.74 Å². The van der Waals surface area contributed by atoms with Crippen molar-refractivity contribution in [3.63, 3.8) is 0 Å². The van der Waals surface area contributed by atoms with Gasteiger partial charge in [0, 0.05) is 11.1 Å². The van der Waals surface area contributed by atoms with Crippen LogP contribution in [0.4, 0.5) is 0 Å². The molecule has 4 heteroatoms. The lowest BCUT2D eigenvalue weighted by molar-refractivity contribution is -0.129. The SMILES string of the molecule is COc1ccc(C(C)C)cc1/C=C1\N=C(c2ccc(C)cc2)OC1=O. The third kappa shape index (κ3) is 3.63. The van der Waals surface area contributed by atoms with E-state index in [1.54, 1.807) is 13.2 Å². The van der Waals surface area contributed by atoms with Crippen LogP contribution in [0, 0.1) is 6.92 Å². The number of rotatable bonds is 4. The molecule has 4 nitrogen and oxygen atoms in total. The molecule has 0 aliphatic carbocycles. The zero-order valence-corrected chi connectivity index (χ0v) is 14.9. The summed E-state index contributed by atoms with van der Waals surface area (Å²) in [5.74, 6) is 0.955. The van der Waals surface area contributed by atoms with Crippen LogP contribution in [0.3, 0.4) is 0 Å². The normalized spacial score (nSPS) is 15.5. The van der Waals surface area contributed by atoms with Gasteiger partial charge in [0.1, 0.15) is 5.75 Å². The molecule has 0 bridgehead atoms. The minimum absolute atomic E-state index is 0.273. The van der Waals surface area contributed by atoms with Crippen LogP contribution in [-0.2, 0) is 9.53 Å². The van der Waals surface area contributed by atoms with Crippen LogP contribution >= 0.6 is 0 Å². The number of cyclic esters (lactones) is 1. The molecular formula is C21H21NO3. The van der Waals surface area contributed by atoms with Crippen molar-refractivity contribution in [1.82, 2.24) is 0 Å². The quantitative estimate of drug-likeness (QED) is 0.612. The molecule has 1 aliphatic heterocycles. The number of aliphatic imine (C=N–C) groups is 1. The van der Waals surface area contributed by atoms with E-state index in [1.807, 2.05) is 49.4 Å². The fourth-order valence-electron chi connectivity index (χ4n) is 2.60. The maximum absolute atomic E-state index is 12.2. The van der Waals surface area contributed by atoms with E-state index in [2.05, 4.69) is 18.8 Å². The zero-order chi connectivity index (χ0) is 18.0. The van der Waals surface area contributed by atoms with E-state index in [4.69, 9.17) is 9.47 Å². The molecular weight excluding hydrogens is 314 g/mol. The molecule has 0 amide bonds. The fraction of sp³-hybridized carbons (Fsp3) is 0.238. The highest BCUT2D eigenvalue weighted by Gasteiger charge is 2.24. The smallest absolute Gasteiger partial charge is 0.363 e. The summed E-state index contributed by atoms with van der Waals surface area (Å²) in [4.78, 5) is 16.6. The molecule has 0 aromatic heterocycles. The first-order valence-electron chi connectivity index (χ1n) is 8.25. The van der Waals surface area contributed by atoms with E-state index in [-0.39, 0.29) is 5.70 Å². The van der Waals surface area contributed by atoms with Crippen molar-refractivity contribution >= 4 is 17.9 Å². The summed E-state index contributed by atoms with van der Waals surface area (Å²) < 4.78 is 10.7. The van der Waals surface area contributed by atoms with Crippen LogP contribution in [0.5, 0.6) is 5.75 Å². The second kappa shape index (κ2) is 6.93. The largest absolute Gasteiger partial charge is 0.496 e. The highest BCUT2D eigenvalue weighted by atomic mass is 16.6. The topological polar surface area (TPSA) is 47.9 Å². The van der Waals surface area contributed by atoms with Crippen molar-refractivity contribution in [3.05, 3.63) is 70.4 Å². The summed E-state index contributed by atoms with van der Waals surface area (Å²) in [6, 6.07) is 13.7. The van der Waals surface area contributed by atoms with Crippen LogP contribution in [0.2, 0.25) is 0 Å². The molecule has 0 unspecified atom stereocenters. The van der Waals surface area contributed by atoms with E-state index in [9.17, 15) is 4.79 Å². The molecule has 2 aromatic carbocycles. The number of benzene rings is 2. The molecule has 3 rings (SSSR count). The minimum atomic E-state index is -0.451. The van der Waals surface area contributed by atoms with Crippen molar-refractivity contribution in [1.29, 1.82) is 0 Å². The van der Waals surface area contributed by atoms with Gasteiger partial charge in [-0.25, -0.2) is 9.79 Å². The van der Waals surface area contributed by atoms with Gasteiger partial charge in [-0.05, 0) is 48.7 Å². The number of esters is 1. The summed E-state index contributed by atoms with van der Waals surface area (Å²) in [6.07, 6.45) is 1.72. The average molecular weight is 335 g/mol. The van der Waals surface area contributed by atoms with Crippen LogP contribution in [0.15, 0.2) is 53.2 Å². The summed E-state index contributed by atoms with van der Waals surface area (Å²) in [7, 11) is 1.61. The van der Waals surface area contributed by atoms with E-state index in [0.717, 1.165) is 16.7 Å². The minimum Gasteiger partial charge on any atom is -0.496 e. The molecule has 0 spiro atoms. The summed E-state index contributed by atoms with van der Waals surface area (Å²) in [6.45, 7) is 6.25. The molecule has 0 radical (unpaired) electrons. The molecule has 128 valence electrons. The Hall–Kier alpha value is -2.88. The maximum atomic E-state index is 12.2. The standard InChI is InChI=1S/C21H21NO3/c1-13(2)16-9-10-19(24-4)17(11-16)12-18-21(23)25-20(22-18)15-7-5-14(3)6-8-15/h5-13H,1-4H3/b18-12-. The molecule has 1 aliphatic rings. The Kier molecular flexibility index (Phi) is 4.70. The second-order valence-electron chi connectivity index (χ2n) is 6.36. The Balaban J connectivity index is 1.99. The van der Waals surface area contributed by atoms with Gasteiger partial charge in [-0.3, -0.25) is 0 Å². The van der Waals surface area contributed by atoms with E-state index < -0.39 is 5.97 Å². The Morgan fingerprint density at radius 1 is 1.12 bits per heavy atom. The third-order valence-electron chi connectivity index (χ3n) is 4.13. The summed E-state index contributed by atoms with van der Waals surface area (Å²) in [5.41, 5.74) is 4.18. The third-order valence-corrected chi connectivity index (χ3v) is 4.13. The number of hydrogen-bond acceptors (Lipinski definition) is 4. The number of nitrogens with zero attached hydrogens (tertiary/aromatic N) is 1. The highest BCUT2D eigenvalue weighted by molar-refractivity contribution is 6.12. The number of carbonyl (C=O) groups is 1. The van der Waals surface area contributed by atoms with Gasteiger partial charge in [-0.1, -0.05) is 37.6 Å². The molecule has 0 saturated heterocycles. The van der Waals surface area contributed by atoms with Gasteiger partial charge in [0.05, 0.1) is 7.11 Å². The molecule has 0 saturated carbocycles. The molecule has 25 heavy (non-hydrogen) atoms. The maximum Gasteiger partial charge on any atom is 0.363 e. The first kappa shape index (κ1) is 17.0. The average Bonchev–Trinajstić information content (AvgIpc) is 2.96. The van der Waals surface area contributed by atoms with Crippen molar-refractivity contribution in [3.8, 4) is 5.75 Å². The second-order valence-corrected chi connectivity index (χ2v) is 6.36. The van der Waals surface area contributed by atoms with E-state index in [1.165, 1.54) is 5.56 Å².